The smallest absolute Gasteiger partial charge is 0.149 e. The van der Waals surface area contributed by atoms with Gasteiger partial charge in [-0.15, -0.1) is 12.4 Å². The molecule has 0 heterocycles. The van der Waals surface area contributed by atoms with Gasteiger partial charge in [-0.3, -0.25) is 0 Å². The molecule has 0 unspecified atom stereocenters. The first-order valence-corrected chi connectivity index (χ1v) is 5.54. The SMILES string of the molecule is CCOc1cc(OCC)c(N)c(OCC)c1.Cl. The van der Waals surface area contributed by atoms with Gasteiger partial charge in [0.25, 0.3) is 0 Å². The van der Waals surface area contributed by atoms with Crippen LogP contribution in [0.5, 0.6) is 17.2 Å². The van der Waals surface area contributed by atoms with Crippen molar-refractivity contribution in [2.75, 3.05) is 25.6 Å². The molecule has 98 valence electrons. The van der Waals surface area contributed by atoms with Crippen LogP contribution >= 0.6 is 12.4 Å². The largest absolute Gasteiger partial charge is 0.494 e. The van der Waals surface area contributed by atoms with Crippen LogP contribution in [0.3, 0.4) is 0 Å². The van der Waals surface area contributed by atoms with Crippen LogP contribution in [0.2, 0.25) is 0 Å². The molecular formula is C12H20ClNO3. The van der Waals surface area contributed by atoms with Crippen molar-refractivity contribution < 1.29 is 14.2 Å². The Hall–Kier alpha value is -1.29. The van der Waals surface area contributed by atoms with Gasteiger partial charge in [0.2, 0.25) is 0 Å². The summed E-state index contributed by atoms with van der Waals surface area (Å²) in [5.41, 5.74) is 6.44. The molecule has 0 amide bonds. The molecule has 0 fully saturated rings. The third-order valence-electron chi connectivity index (χ3n) is 1.99. The molecule has 0 aliphatic rings. The van der Waals surface area contributed by atoms with E-state index in [1.165, 1.54) is 0 Å². The number of benzene rings is 1. The van der Waals surface area contributed by atoms with Gasteiger partial charge in [-0.2, -0.15) is 0 Å². The van der Waals surface area contributed by atoms with E-state index >= 15 is 0 Å². The molecule has 4 nitrogen and oxygen atoms in total. The number of hydrogen-bond donors (Lipinski definition) is 1. The van der Waals surface area contributed by atoms with Gasteiger partial charge in [0.15, 0.2) is 0 Å². The van der Waals surface area contributed by atoms with Gasteiger partial charge in [0, 0.05) is 12.1 Å². The molecular weight excluding hydrogens is 242 g/mol. The summed E-state index contributed by atoms with van der Waals surface area (Å²) in [6.07, 6.45) is 0. The van der Waals surface area contributed by atoms with Crippen LogP contribution in [-0.2, 0) is 0 Å². The predicted molar refractivity (Wildman–Crippen MR) is 71.6 cm³/mol. The van der Waals surface area contributed by atoms with Gasteiger partial charge in [0.05, 0.1) is 19.8 Å². The van der Waals surface area contributed by atoms with Gasteiger partial charge in [0.1, 0.15) is 22.9 Å². The van der Waals surface area contributed by atoms with Crippen molar-refractivity contribution in [2.24, 2.45) is 0 Å². The number of ether oxygens (including phenoxy) is 3. The van der Waals surface area contributed by atoms with Crippen molar-refractivity contribution in [3.8, 4) is 17.2 Å². The number of rotatable bonds is 6. The molecule has 0 radical (unpaired) electrons. The molecule has 2 N–H and O–H groups in total. The van der Waals surface area contributed by atoms with Crippen molar-refractivity contribution in [1.82, 2.24) is 0 Å². The average Bonchev–Trinajstić information content (AvgIpc) is 2.26. The quantitative estimate of drug-likeness (QED) is 0.800. The van der Waals surface area contributed by atoms with Crippen LogP contribution < -0.4 is 19.9 Å². The molecule has 5 heteroatoms. The Kier molecular flexibility index (Phi) is 7.30. The highest BCUT2D eigenvalue weighted by atomic mass is 35.5. The lowest BCUT2D eigenvalue weighted by molar-refractivity contribution is 0.309. The van der Waals surface area contributed by atoms with E-state index in [0.29, 0.717) is 42.8 Å². The molecule has 1 aromatic rings. The van der Waals surface area contributed by atoms with E-state index in [2.05, 4.69) is 0 Å². The Bertz CT molecular complexity index is 318. The fourth-order valence-electron chi connectivity index (χ4n) is 1.38. The van der Waals surface area contributed by atoms with Gasteiger partial charge in [-0.25, -0.2) is 0 Å². The van der Waals surface area contributed by atoms with Crippen LogP contribution in [0.25, 0.3) is 0 Å². The molecule has 0 atom stereocenters. The fourth-order valence-corrected chi connectivity index (χ4v) is 1.38. The molecule has 0 spiro atoms. The van der Waals surface area contributed by atoms with Gasteiger partial charge in [-0.05, 0) is 20.8 Å². The molecule has 1 aromatic carbocycles. The minimum Gasteiger partial charge on any atom is -0.494 e. The number of halogens is 1. The molecule has 0 aromatic heterocycles. The second-order valence-corrected chi connectivity index (χ2v) is 3.13. The maximum Gasteiger partial charge on any atom is 0.149 e. The van der Waals surface area contributed by atoms with E-state index in [4.69, 9.17) is 19.9 Å². The lowest BCUT2D eigenvalue weighted by Crippen LogP contribution is -2.03. The van der Waals surface area contributed by atoms with Crippen LogP contribution in [0, 0.1) is 0 Å². The van der Waals surface area contributed by atoms with Crippen LogP contribution in [0.4, 0.5) is 5.69 Å². The van der Waals surface area contributed by atoms with Gasteiger partial charge < -0.3 is 19.9 Å². The number of nitrogen functional groups attached to an aromatic ring is 1. The van der Waals surface area contributed by atoms with E-state index in [-0.39, 0.29) is 12.4 Å². The monoisotopic (exact) mass is 261 g/mol. The zero-order chi connectivity index (χ0) is 12.0. The standard InChI is InChI=1S/C12H19NO3.ClH/c1-4-14-9-7-10(15-5-2)12(13)11(8-9)16-6-3;/h7-8H,4-6,13H2,1-3H3;1H. The van der Waals surface area contributed by atoms with E-state index in [1.54, 1.807) is 12.1 Å². The highest BCUT2D eigenvalue weighted by molar-refractivity contribution is 5.85. The third-order valence-corrected chi connectivity index (χ3v) is 1.99. The van der Waals surface area contributed by atoms with E-state index in [9.17, 15) is 0 Å². The van der Waals surface area contributed by atoms with Crippen LogP contribution in [0.1, 0.15) is 20.8 Å². The summed E-state index contributed by atoms with van der Waals surface area (Å²) in [6, 6.07) is 3.57. The summed E-state index contributed by atoms with van der Waals surface area (Å²) < 4.78 is 16.3. The van der Waals surface area contributed by atoms with Crippen molar-refractivity contribution in [3.63, 3.8) is 0 Å². The fraction of sp³-hybridized carbons (Fsp3) is 0.500. The van der Waals surface area contributed by atoms with E-state index < -0.39 is 0 Å². The van der Waals surface area contributed by atoms with Gasteiger partial charge in [-0.1, -0.05) is 0 Å². The molecule has 1 rings (SSSR count). The Labute approximate surface area is 108 Å². The minimum atomic E-state index is 0. The van der Waals surface area contributed by atoms with Crippen molar-refractivity contribution in [1.29, 1.82) is 0 Å². The zero-order valence-corrected chi connectivity index (χ0v) is 11.3. The number of nitrogens with two attached hydrogens (primary N) is 1. The minimum absolute atomic E-state index is 0. The summed E-state index contributed by atoms with van der Waals surface area (Å²) in [4.78, 5) is 0. The van der Waals surface area contributed by atoms with Crippen LogP contribution in [-0.4, -0.2) is 19.8 Å². The molecule has 17 heavy (non-hydrogen) atoms. The molecule has 0 aliphatic carbocycles. The molecule has 0 saturated heterocycles. The Morgan fingerprint density at radius 2 is 1.29 bits per heavy atom. The first kappa shape index (κ1) is 15.7. The average molecular weight is 262 g/mol. The third kappa shape index (κ3) is 4.23. The summed E-state index contributed by atoms with van der Waals surface area (Å²) in [7, 11) is 0. The van der Waals surface area contributed by atoms with Crippen molar-refractivity contribution in [2.45, 2.75) is 20.8 Å². The normalized spacial score (nSPS) is 9.35. The lowest BCUT2D eigenvalue weighted by atomic mass is 10.2. The van der Waals surface area contributed by atoms with Crippen molar-refractivity contribution in [3.05, 3.63) is 12.1 Å². The summed E-state index contributed by atoms with van der Waals surface area (Å²) in [5, 5.41) is 0. The predicted octanol–water partition coefficient (Wildman–Crippen LogP) is 2.89. The maximum atomic E-state index is 5.91. The number of hydrogen-bond acceptors (Lipinski definition) is 4. The second-order valence-electron chi connectivity index (χ2n) is 3.13. The maximum absolute atomic E-state index is 5.91. The van der Waals surface area contributed by atoms with E-state index in [1.807, 2.05) is 20.8 Å². The highest BCUT2D eigenvalue weighted by Gasteiger charge is 2.10. The lowest BCUT2D eigenvalue weighted by Gasteiger charge is -2.14. The van der Waals surface area contributed by atoms with E-state index in [0.717, 1.165) is 0 Å². The first-order valence-electron chi connectivity index (χ1n) is 5.54. The molecule has 0 saturated carbocycles. The summed E-state index contributed by atoms with van der Waals surface area (Å²) in [6.45, 7) is 7.47. The second kappa shape index (κ2) is 7.90. The summed E-state index contributed by atoms with van der Waals surface area (Å²) >= 11 is 0. The van der Waals surface area contributed by atoms with Crippen molar-refractivity contribution >= 4 is 18.1 Å². The molecule has 0 aliphatic heterocycles. The van der Waals surface area contributed by atoms with Crippen LogP contribution in [0.15, 0.2) is 12.1 Å². The van der Waals surface area contributed by atoms with Gasteiger partial charge >= 0.3 is 0 Å². The zero-order valence-electron chi connectivity index (χ0n) is 10.5. The topological polar surface area (TPSA) is 53.7 Å². The Morgan fingerprint density at radius 1 is 0.882 bits per heavy atom. The Balaban J connectivity index is 0.00000256. The highest BCUT2D eigenvalue weighted by Crippen LogP contribution is 2.36. The first-order chi connectivity index (χ1) is 7.72. The molecule has 0 bridgehead atoms. The summed E-state index contributed by atoms with van der Waals surface area (Å²) in [5.74, 6) is 1.93. The number of anilines is 1. The Morgan fingerprint density at radius 3 is 1.65 bits per heavy atom.